The number of fused-ring (bicyclic) bond motifs is 1. The summed E-state index contributed by atoms with van der Waals surface area (Å²) in [5.41, 5.74) is 2.67. The number of rotatable bonds is 8. The highest BCUT2D eigenvalue weighted by Gasteiger charge is 2.20. The van der Waals surface area contributed by atoms with Gasteiger partial charge in [0.15, 0.2) is 10.9 Å². The summed E-state index contributed by atoms with van der Waals surface area (Å²) in [6.07, 6.45) is 0.437. The quantitative estimate of drug-likeness (QED) is 0.306. The molecule has 1 N–H and O–H groups in total. The van der Waals surface area contributed by atoms with Crippen LogP contribution in [0.4, 0.5) is 0 Å². The van der Waals surface area contributed by atoms with Crippen LogP contribution < -0.4 is 10.9 Å². The molecule has 168 valence electrons. The molecule has 0 fully saturated rings. The Morgan fingerprint density at radius 1 is 1.09 bits per heavy atom. The first-order valence-electron chi connectivity index (χ1n) is 10.4. The molecule has 4 rings (SSSR count). The van der Waals surface area contributed by atoms with Crippen LogP contribution in [-0.4, -0.2) is 33.0 Å². The van der Waals surface area contributed by atoms with E-state index in [1.807, 2.05) is 66.0 Å². The van der Waals surface area contributed by atoms with Crippen molar-refractivity contribution in [2.24, 2.45) is 7.05 Å². The molecule has 1 amide bonds. The van der Waals surface area contributed by atoms with E-state index in [4.69, 9.17) is 0 Å². The molecule has 4 aromatic rings. The van der Waals surface area contributed by atoms with E-state index in [1.54, 1.807) is 7.05 Å². The Labute approximate surface area is 199 Å². The van der Waals surface area contributed by atoms with Gasteiger partial charge >= 0.3 is 0 Å². The number of carbonyl (C=O) groups excluding carboxylic acids is 2. The monoisotopic (exact) mass is 477 g/mol. The van der Waals surface area contributed by atoms with E-state index in [2.05, 4.69) is 10.3 Å². The fraction of sp³-hybridized carbons (Fsp3) is 0.200. The van der Waals surface area contributed by atoms with Crippen molar-refractivity contribution in [1.29, 1.82) is 0 Å². The van der Waals surface area contributed by atoms with Crippen molar-refractivity contribution in [2.75, 3.05) is 5.75 Å². The second kappa shape index (κ2) is 10.1. The maximum atomic E-state index is 13.1. The number of hydrogen-bond acceptors (Lipinski definition) is 6. The number of benzene rings is 2. The van der Waals surface area contributed by atoms with E-state index in [0.717, 1.165) is 16.7 Å². The molecule has 0 radical (unpaired) electrons. The molecule has 0 aliphatic rings. The zero-order valence-electron chi connectivity index (χ0n) is 18.3. The number of carbonyl (C=O) groups is 2. The Balaban J connectivity index is 1.49. The summed E-state index contributed by atoms with van der Waals surface area (Å²) < 4.78 is 1.48. The summed E-state index contributed by atoms with van der Waals surface area (Å²) in [5.74, 6) is -0.320. The van der Waals surface area contributed by atoms with Gasteiger partial charge in [-0.15, -0.1) is 11.3 Å². The van der Waals surface area contributed by atoms with Crippen LogP contribution in [-0.2, 0) is 23.1 Å². The van der Waals surface area contributed by atoms with Gasteiger partial charge < -0.3 is 5.32 Å². The van der Waals surface area contributed by atoms with Gasteiger partial charge in [0.25, 0.3) is 5.56 Å². The number of nitrogens with zero attached hydrogens (tertiary/aromatic N) is 2. The fourth-order valence-electron chi connectivity index (χ4n) is 3.52. The average Bonchev–Trinajstić information content (AvgIpc) is 3.25. The Morgan fingerprint density at radius 2 is 1.76 bits per heavy atom. The van der Waals surface area contributed by atoms with Crippen LogP contribution in [0.25, 0.3) is 21.3 Å². The first kappa shape index (κ1) is 22.9. The van der Waals surface area contributed by atoms with Crippen molar-refractivity contribution in [2.45, 2.75) is 24.5 Å². The highest BCUT2D eigenvalue weighted by molar-refractivity contribution is 7.99. The smallest absolute Gasteiger partial charge is 0.263 e. The zero-order chi connectivity index (χ0) is 23.4. The van der Waals surface area contributed by atoms with E-state index in [0.29, 0.717) is 21.8 Å². The Morgan fingerprint density at radius 3 is 2.42 bits per heavy atom. The minimum Gasteiger partial charge on any atom is -0.345 e. The van der Waals surface area contributed by atoms with Crippen molar-refractivity contribution < 1.29 is 9.59 Å². The summed E-state index contributed by atoms with van der Waals surface area (Å²) in [7, 11) is 1.66. The summed E-state index contributed by atoms with van der Waals surface area (Å²) in [6.45, 7) is 1.47. The lowest BCUT2D eigenvalue weighted by molar-refractivity contribution is -0.125. The van der Waals surface area contributed by atoms with Crippen molar-refractivity contribution in [3.63, 3.8) is 0 Å². The predicted octanol–water partition coefficient (Wildman–Crippen LogP) is 4.07. The van der Waals surface area contributed by atoms with Gasteiger partial charge in [0.2, 0.25) is 5.91 Å². The molecule has 0 saturated heterocycles. The third-order valence-corrected chi connectivity index (χ3v) is 7.20. The number of nitrogens with one attached hydrogen (secondary N) is 1. The molecule has 0 bridgehead atoms. The number of amides is 1. The standard InChI is InChI=1S/C25H23N3O3S2/c1-16(29)20(13-17-9-5-3-6-10-17)26-21(30)15-33-25-27-23-22(24(31)28(25)2)19(14-32-23)18-11-7-4-8-12-18/h3-12,14,20H,13,15H2,1-2H3,(H,26,30)/t20-/m1/s1. The van der Waals surface area contributed by atoms with Gasteiger partial charge in [-0.25, -0.2) is 4.98 Å². The van der Waals surface area contributed by atoms with Crippen molar-refractivity contribution in [3.05, 3.63) is 82.0 Å². The lowest BCUT2D eigenvalue weighted by Crippen LogP contribution is -2.42. The molecular formula is C25H23N3O3S2. The van der Waals surface area contributed by atoms with Gasteiger partial charge in [0, 0.05) is 18.0 Å². The average molecular weight is 478 g/mol. The number of aromatic nitrogens is 2. The zero-order valence-corrected chi connectivity index (χ0v) is 19.9. The largest absolute Gasteiger partial charge is 0.345 e. The van der Waals surface area contributed by atoms with E-state index in [1.165, 1.54) is 34.6 Å². The SMILES string of the molecule is CC(=O)[C@@H](Cc1ccccc1)NC(=O)CSc1nc2scc(-c3ccccc3)c2c(=O)n1C. The molecular weight excluding hydrogens is 454 g/mol. The Bertz CT molecular complexity index is 1350. The van der Waals surface area contributed by atoms with Crippen LogP contribution in [0.15, 0.2) is 76.0 Å². The molecule has 33 heavy (non-hydrogen) atoms. The summed E-state index contributed by atoms with van der Waals surface area (Å²) in [4.78, 5) is 43.0. The second-order valence-electron chi connectivity index (χ2n) is 7.66. The van der Waals surface area contributed by atoms with E-state index in [-0.39, 0.29) is 23.0 Å². The number of ketones is 1. The van der Waals surface area contributed by atoms with Gasteiger partial charge in [-0.2, -0.15) is 0 Å². The first-order chi connectivity index (χ1) is 15.9. The molecule has 8 heteroatoms. The highest BCUT2D eigenvalue weighted by atomic mass is 32.2. The van der Waals surface area contributed by atoms with Crippen LogP contribution in [0.2, 0.25) is 0 Å². The van der Waals surface area contributed by atoms with E-state index >= 15 is 0 Å². The predicted molar refractivity (Wildman–Crippen MR) is 134 cm³/mol. The van der Waals surface area contributed by atoms with E-state index in [9.17, 15) is 14.4 Å². The molecule has 0 spiro atoms. The first-order valence-corrected chi connectivity index (χ1v) is 12.3. The van der Waals surface area contributed by atoms with Crippen LogP contribution in [0.1, 0.15) is 12.5 Å². The molecule has 6 nitrogen and oxygen atoms in total. The second-order valence-corrected chi connectivity index (χ2v) is 9.46. The maximum absolute atomic E-state index is 13.1. The van der Waals surface area contributed by atoms with Gasteiger partial charge in [0.05, 0.1) is 17.2 Å². The van der Waals surface area contributed by atoms with Gasteiger partial charge in [0.1, 0.15) is 4.83 Å². The lowest BCUT2D eigenvalue weighted by atomic mass is 10.0. The maximum Gasteiger partial charge on any atom is 0.263 e. The molecule has 2 aromatic heterocycles. The Hall–Kier alpha value is -3.23. The van der Waals surface area contributed by atoms with Gasteiger partial charge in [-0.05, 0) is 24.5 Å². The third kappa shape index (κ3) is 5.23. The van der Waals surface area contributed by atoms with E-state index < -0.39 is 6.04 Å². The minimum atomic E-state index is -0.592. The molecule has 1 atom stereocenters. The number of Topliss-reactive ketones (excluding diaryl/α,β-unsaturated/α-hetero) is 1. The lowest BCUT2D eigenvalue weighted by Gasteiger charge is -2.16. The van der Waals surface area contributed by atoms with Gasteiger partial charge in [-0.3, -0.25) is 19.0 Å². The summed E-state index contributed by atoms with van der Waals surface area (Å²) in [5, 5.41) is 5.80. The topological polar surface area (TPSA) is 81.1 Å². The summed E-state index contributed by atoms with van der Waals surface area (Å²) >= 11 is 2.60. The fourth-order valence-corrected chi connectivity index (χ4v) is 5.30. The normalized spacial score (nSPS) is 11.9. The van der Waals surface area contributed by atoms with Gasteiger partial charge in [-0.1, -0.05) is 72.4 Å². The number of thiophene rings is 1. The molecule has 0 aliphatic heterocycles. The number of hydrogen-bond donors (Lipinski definition) is 1. The van der Waals surface area contributed by atoms with Crippen LogP contribution in [0.3, 0.4) is 0 Å². The third-order valence-electron chi connectivity index (χ3n) is 5.30. The number of thioether (sulfide) groups is 1. The molecule has 0 unspecified atom stereocenters. The molecule has 0 aliphatic carbocycles. The molecule has 2 aromatic carbocycles. The van der Waals surface area contributed by atoms with Crippen LogP contribution >= 0.6 is 23.1 Å². The van der Waals surface area contributed by atoms with Crippen molar-refractivity contribution in [3.8, 4) is 11.1 Å². The molecule has 0 saturated carbocycles. The highest BCUT2D eigenvalue weighted by Crippen LogP contribution is 2.31. The van der Waals surface area contributed by atoms with Crippen molar-refractivity contribution in [1.82, 2.24) is 14.9 Å². The van der Waals surface area contributed by atoms with Crippen LogP contribution in [0, 0.1) is 0 Å². The Kier molecular flexibility index (Phi) is 7.05. The summed E-state index contributed by atoms with van der Waals surface area (Å²) in [6, 6.07) is 18.7. The minimum absolute atomic E-state index is 0.0568. The van der Waals surface area contributed by atoms with Crippen molar-refractivity contribution >= 4 is 45.0 Å². The van der Waals surface area contributed by atoms with Crippen LogP contribution in [0.5, 0.6) is 0 Å². The molecule has 2 heterocycles.